The van der Waals surface area contributed by atoms with Crippen molar-refractivity contribution in [3.05, 3.63) is 35.4 Å². The summed E-state index contributed by atoms with van der Waals surface area (Å²) in [5.41, 5.74) is -0.294. The van der Waals surface area contributed by atoms with Gasteiger partial charge in [-0.3, -0.25) is 0 Å². The van der Waals surface area contributed by atoms with Crippen LogP contribution in [-0.2, 0) is 11.3 Å². The van der Waals surface area contributed by atoms with Crippen molar-refractivity contribution in [1.29, 1.82) is 0 Å². The molecule has 2 amide bonds. The van der Waals surface area contributed by atoms with Crippen LogP contribution < -0.4 is 10.6 Å². The van der Waals surface area contributed by atoms with E-state index in [1.165, 1.54) is 6.07 Å². The molecule has 1 aromatic carbocycles. The van der Waals surface area contributed by atoms with Crippen molar-refractivity contribution in [1.82, 2.24) is 10.6 Å². The standard InChI is InChI=1S/C14H18F2N2O3/c1-14(2,3)11(12(19)20)18-13(21)17-7-8-4-5-9(15)10(16)6-8/h4-6,11H,7H2,1-3H3,(H,19,20)(H2,17,18,21)/t11-/m1/s1. The molecule has 0 fully saturated rings. The lowest BCUT2D eigenvalue weighted by Crippen LogP contribution is -2.52. The lowest BCUT2D eigenvalue weighted by Gasteiger charge is -2.27. The minimum Gasteiger partial charge on any atom is -0.480 e. The van der Waals surface area contributed by atoms with Gasteiger partial charge in [-0.2, -0.15) is 0 Å². The Morgan fingerprint density at radius 1 is 1.24 bits per heavy atom. The Labute approximate surface area is 121 Å². The summed E-state index contributed by atoms with van der Waals surface area (Å²) in [7, 11) is 0. The Bertz CT molecular complexity index is 542. The molecule has 0 heterocycles. The van der Waals surface area contributed by atoms with Gasteiger partial charge in [0, 0.05) is 6.54 Å². The highest BCUT2D eigenvalue weighted by atomic mass is 19.2. The molecule has 0 aromatic heterocycles. The zero-order valence-corrected chi connectivity index (χ0v) is 12.0. The van der Waals surface area contributed by atoms with Crippen molar-refractivity contribution in [2.75, 3.05) is 0 Å². The van der Waals surface area contributed by atoms with Crippen molar-refractivity contribution in [3.8, 4) is 0 Å². The number of hydrogen-bond acceptors (Lipinski definition) is 2. The van der Waals surface area contributed by atoms with Crippen LogP contribution in [0.4, 0.5) is 13.6 Å². The number of benzene rings is 1. The molecule has 5 nitrogen and oxygen atoms in total. The van der Waals surface area contributed by atoms with Gasteiger partial charge in [0.05, 0.1) is 0 Å². The van der Waals surface area contributed by atoms with Gasteiger partial charge in [-0.05, 0) is 23.1 Å². The average molecular weight is 300 g/mol. The Morgan fingerprint density at radius 3 is 2.33 bits per heavy atom. The van der Waals surface area contributed by atoms with Crippen LogP contribution in [0, 0.1) is 17.0 Å². The van der Waals surface area contributed by atoms with Gasteiger partial charge in [-0.15, -0.1) is 0 Å². The van der Waals surface area contributed by atoms with E-state index >= 15 is 0 Å². The average Bonchev–Trinajstić information content (AvgIpc) is 2.35. The van der Waals surface area contributed by atoms with Crippen LogP contribution in [0.1, 0.15) is 26.3 Å². The van der Waals surface area contributed by atoms with E-state index in [-0.39, 0.29) is 6.54 Å². The number of carboxylic acid groups (broad SMARTS) is 1. The Kier molecular flexibility index (Phi) is 5.23. The van der Waals surface area contributed by atoms with Crippen molar-refractivity contribution in [3.63, 3.8) is 0 Å². The van der Waals surface area contributed by atoms with E-state index in [2.05, 4.69) is 10.6 Å². The summed E-state index contributed by atoms with van der Waals surface area (Å²) in [5.74, 6) is -3.12. The molecule has 1 rings (SSSR count). The number of rotatable bonds is 4. The van der Waals surface area contributed by atoms with Crippen LogP contribution in [0.15, 0.2) is 18.2 Å². The number of carbonyl (C=O) groups excluding carboxylic acids is 1. The van der Waals surface area contributed by atoms with Crippen molar-refractivity contribution < 1.29 is 23.5 Å². The molecule has 0 saturated heterocycles. The number of urea groups is 1. The largest absolute Gasteiger partial charge is 0.480 e. The van der Waals surface area contributed by atoms with Gasteiger partial charge in [-0.25, -0.2) is 18.4 Å². The smallest absolute Gasteiger partial charge is 0.326 e. The molecule has 0 aliphatic rings. The van der Waals surface area contributed by atoms with Gasteiger partial charge in [0.25, 0.3) is 0 Å². The third kappa shape index (κ3) is 5.02. The second-order valence-corrected chi connectivity index (χ2v) is 5.71. The molecule has 3 N–H and O–H groups in total. The van der Waals surface area contributed by atoms with E-state index in [0.29, 0.717) is 5.56 Å². The fourth-order valence-electron chi connectivity index (χ4n) is 1.66. The number of nitrogens with one attached hydrogen (secondary N) is 2. The van der Waals surface area contributed by atoms with Crippen molar-refractivity contribution in [2.45, 2.75) is 33.4 Å². The van der Waals surface area contributed by atoms with E-state index in [1.807, 2.05) is 0 Å². The summed E-state index contributed by atoms with van der Waals surface area (Å²) in [6, 6.07) is 1.49. The zero-order chi connectivity index (χ0) is 16.2. The molecule has 1 aromatic rings. The maximum atomic E-state index is 13.0. The fraction of sp³-hybridized carbons (Fsp3) is 0.429. The van der Waals surface area contributed by atoms with Gasteiger partial charge in [0.1, 0.15) is 6.04 Å². The van der Waals surface area contributed by atoms with E-state index in [9.17, 15) is 18.4 Å². The number of carbonyl (C=O) groups is 2. The molecule has 21 heavy (non-hydrogen) atoms. The highest BCUT2D eigenvalue weighted by Crippen LogP contribution is 2.19. The predicted molar refractivity (Wildman–Crippen MR) is 72.6 cm³/mol. The first-order chi connectivity index (χ1) is 9.61. The Balaban J connectivity index is 2.61. The van der Waals surface area contributed by atoms with Gasteiger partial charge >= 0.3 is 12.0 Å². The van der Waals surface area contributed by atoms with Gasteiger partial charge in [0.15, 0.2) is 11.6 Å². The first kappa shape index (κ1) is 16.9. The van der Waals surface area contributed by atoms with Crippen LogP contribution in [0.25, 0.3) is 0 Å². The predicted octanol–water partition coefficient (Wildman–Crippen LogP) is 2.26. The lowest BCUT2D eigenvalue weighted by molar-refractivity contribution is -0.141. The summed E-state index contributed by atoms with van der Waals surface area (Å²) in [6.07, 6.45) is 0. The maximum absolute atomic E-state index is 13.0. The van der Waals surface area contributed by atoms with E-state index in [4.69, 9.17) is 5.11 Å². The second-order valence-electron chi connectivity index (χ2n) is 5.71. The SMILES string of the molecule is CC(C)(C)[C@H](NC(=O)NCc1ccc(F)c(F)c1)C(=O)O. The zero-order valence-electron chi connectivity index (χ0n) is 12.0. The lowest BCUT2D eigenvalue weighted by atomic mass is 9.87. The van der Waals surface area contributed by atoms with Crippen LogP contribution in [0.5, 0.6) is 0 Å². The fourth-order valence-corrected chi connectivity index (χ4v) is 1.66. The molecule has 1 atom stereocenters. The maximum Gasteiger partial charge on any atom is 0.326 e. The number of hydrogen-bond donors (Lipinski definition) is 3. The molecule has 0 spiro atoms. The molecule has 0 aliphatic carbocycles. The van der Waals surface area contributed by atoms with Gasteiger partial charge in [0.2, 0.25) is 0 Å². The summed E-state index contributed by atoms with van der Waals surface area (Å²) < 4.78 is 25.7. The first-order valence-corrected chi connectivity index (χ1v) is 6.32. The number of aliphatic carboxylic acids is 1. The highest BCUT2D eigenvalue weighted by Gasteiger charge is 2.32. The number of carboxylic acids is 1. The highest BCUT2D eigenvalue weighted by molar-refractivity contribution is 5.83. The Hall–Kier alpha value is -2.18. The molecular weight excluding hydrogens is 282 g/mol. The van der Waals surface area contributed by atoms with Crippen LogP contribution in [0.2, 0.25) is 0 Å². The van der Waals surface area contributed by atoms with Crippen molar-refractivity contribution in [2.24, 2.45) is 5.41 Å². The topological polar surface area (TPSA) is 78.4 Å². The first-order valence-electron chi connectivity index (χ1n) is 6.32. The number of halogens is 2. The molecule has 116 valence electrons. The van der Waals surface area contributed by atoms with Gasteiger partial charge < -0.3 is 15.7 Å². The summed E-state index contributed by atoms with van der Waals surface area (Å²) >= 11 is 0. The van der Waals surface area contributed by atoms with E-state index < -0.39 is 35.1 Å². The minimum atomic E-state index is -1.15. The minimum absolute atomic E-state index is 0.0421. The van der Waals surface area contributed by atoms with Crippen LogP contribution in [0.3, 0.4) is 0 Å². The van der Waals surface area contributed by atoms with Gasteiger partial charge in [-0.1, -0.05) is 26.8 Å². The third-order valence-electron chi connectivity index (χ3n) is 2.83. The molecule has 7 heteroatoms. The molecule has 0 aliphatic heterocycles. The molecule has 0 saturated carbocycles. The van der Waals surface area contributed by atoms with Crippen LogP contribution in [-0.4, -0.2) is 23.1 Å². The molecule has 0 bridgehead atoms. The monoisotopic (exact) mass is 300 g/mol. The Morgan fingerprint density at radius 2 is 1.86 bits per heavy atom. The van der Waals surface area contributed by atoms with E-state index in [1.54, 1.807) is 20.8 Å². The summed E-state index contributed by atoms with van der Waals surface area (Å²) in [6.45, 7) is 5.00. The number of amides is 2. The quantitative estimate of drug-likeness (QED) is 0.798. The second kappa shape index (κ2) is 6.51. The van der Waals surface area contributed by atoms with Crippen LogP contribution >= 0.6 is 0 Å². The summed E-state index contributed by atoms with van der Waals surface area (Å²) in [4.78, 5) is 22.8. The van der Waals surface area contributed by atoms with Crippen molar-refractivity contribution >= 4 is 12.0 Å². The molecule has 0 radical (unpaired) electrons. The summed E-state index contributed by atoms with van der Waals surface area (Å²) in [5, 5.41) is 13.8. The third-order valence-corrected chi connectivity index (χ3v) is 2.83. The molecule has 0 unspecified atom stereocenters. The normalized spacial score (nSPS) is 12.6. The van der Waals surface area contributed by atoms with E-state index in [0.717, 1.165) is 12.1 Å². The molecular formula is C14H18F2N2O3.